The summed E-state index contributed by atoms with van der Waals surface area (Å²) in [6.45, 7) is 9.81. The van der Waals surface area contributed by atoms with Gasteiger partial charge in [0.1, 0.15) is 0 Å². The van der Waals surface area contributed by atoms with Gasteiger partial charge in [0.05, 0.1) is 0 Å². The number of aliphatic carboxylic acids is 1. The minimum absolute atomic E-state index is 0.364. The maximum Gasteiger partial charge on any atom is 0.332 e. The lowest BCUT2D eigenvalue weighted by molar-refractivity contribution is -0.150. The number of carbonyl (C=O) groups is 1. The van der Waals surface area contributed by atoms with E-state index in [1.165, 1.54) is 12.8 Å². The lowest BCUT2D eigenvalue weighted by atomic mass is 9.84. The van der Waals surface area contributed by atoms with Crippen LogP contribution in [0.1, 0.15) is 40.0 Å². The number of hydrogen-bond acceptors (Lipinski definition) is 3. The van der Waals surface area contributed by atoms with Crippen molar-refractivity contribution in [1.82, 2.24) is 4.90 Å². The first-order chi connectivity index (χ1) is 7.94. The van der Waals surface area contributed by atoms with Crippen LogP contribution in [0.5, 0.6) is 0 Å². The summed E-state index contributed by atoms with van der Waals surface area (Å²) in [5, 5.41) is 8.99. The van der Waals surface area contributed by atoms with Crippen molar-refractivity contribution in [1.29, 1.82) is 0 Å². The molecule has 1 saturated heterocycles. The maximum atomic E-state index is 10.9. The van der Waals surface area contributed by atoms with Crippen LogP contribution in [0.3, 0.4) is 0 Å². The molecular weight excluding hydrogens is 218 g/mol. The number of rotatable bonds is 6. The molecule has 1 aliphatic heterocycles. The molecule has 4 heteroatoms. The van der Waals surface area contributed by atoms with E-state index in [1.807, 2.05) is 6.92 Å². The van der Waals surface area contributed by atoms with Gasteiger partial charge in [0.25, 0.3) is 0 Å². The molecule has 0 saturated carbocycles. The zero-order valence-electron chi connectivity index (χ0n) is 11.2. The molecule has 0 aromatic carbocycles. The Labute approximate surface area is 104 Å². The highest BCUT2D eigenvalue weighted by atomic mass is 16.5. The highest BCUT2D eigenvalue weighted by Gasteiger charge is 2.27. The van der Waals surface area contributed by atoms with Crippen molar-refractivity contribution in [2.24, 2.45) is 5.41 Å². The van der Waals surface area contributed by atoms with Crippen molar-refractivity contribution in [2.45, 2.75) is 46.1 Å². The monoisotopic (exact) mass is 243 g/mol. The zero-order valence-corrected chi connectivity index (χ0v) is 11.2. The van der Waals surface area contributed by atoms with Crippen LogP contribution in [-0.2, 0) is 9.53 Å². The van der Waals surface area contributed by atoms with Crippen molar-refractivity contribution < 1.29 is 14.6 Å². The number of likely N-dealkylation sites (tertiary alicyclic amines) is 1. The Morgan fingerprint density at radius 3 is 2.76 bits per heavy atom. The second kappa shape index (κ2) is 6.36. The first kappa shape index (κ1) is 14.5. The molecule has 0 aromatic rings. The summed E-state index contributed by atoms with van der Waals surface area (Å²) in [5.74, 6) is -0.844. The van der Waals surface area contributed by atoms with E-state index in [4.69, 9.17) is 9.84 Å². The van der Waals surface area contributed by atoms with E-state index in [0.29, 0.717) is 18.4 Å². The first-order valence-corrected chi connectivity index (χ1v) is 6.51. The van der Waals surface area contributed by atoms with Crippen LogP contribution in [0.15, 0.2) is 0 Å². The summed E-state index contributed by atoms with van der Waals surface area (Å²) >= 11 is 0. The Morgan fingerprint density at radius 1 is 1.53 bits per heavy atom. The topological polar surface area (TPSA) is 49.8 Å². The van der Waals surface area contributed by atoms with Gasteiger partial charge in [-0.25, -0.2) is 4.79 Å². The molecule has 1 atom stereocenters. The fourth-order valence-corrected chi connectivity index (χ4v) is 2.51. The normalized spacial score (nSPS) is 22.3. The lowest BCUT2D eigenvalue weighted by Gasteiger charge is -2.38. The van der Waals surface area contributed by atoms with E-state index in [-0.39, 0.29) is 0 Å². The lowest BCUT2D eigenvalue weighted by Crippen LogP contribution is -2.42. The molecule has 1 rings (SSSR count). The van der Waals surface area contributed by atoms with Gasteiger partial charge in [-0.2, -0.15) is 0 Å². The molecule has 1 fully saturated rings. The van der Waals surface area contributed by atoms with Gasteiger partial charge in [0.2, 0.25) is 0 Å². The van der Waals surface area contributed by atoms with Crippen LogP contribution >= 0.6 is 0 Å². The molecule has 1 N–H and O–H groups in total. The molecule has 0 bridgehead atoms. The fourth-order valence-electron chi connectivity index (χ4n) is 2.51. The SMILES string of the molecule is CCOC(CCN1CCCC(C)(C)C1)C(=O)O. The van der Waals surface area contributed by atoms with Crippen molar-refractivity contribution in [3.8, 4) is 0 Å². The third kappa shape index (κ3) is 5.04. The first-order valence-electron chi connectivity index (χ1n) is 6.51. The molecule has 0 spiro atoms. The van der Waals surface area contributed by atoms with Gasteiger partial charge in [0.15, 0.2) is 6.10 Å². The summed E-state index contributed by atoms with van der Waals surface area (Å²) in [7, 11) is 0. The van der Waals surface area contributed by atoms with Crippen LogP contribution in [0.4, 0.5) is 0 Å². The van der Waals surface area contributed by atoms with Crippen molar-refractivity contribution in [2.75, 3.05) is 26.2 Å². The molecule has 17 heavy (non-hydrogen) atoms. The highest BCUT2D eigenvalue weighted by Crippen LogP contribution is 2.28. The second-order valence-corrected chi connectivity index (χ2v) is 5.61. The van der Waals surface area contributed by atoms with E-state index in [0.717, 1.165) is 19.6 Å². The average molecular weight is 243 g/mol. The van der Waals surface area contributed by atoms with Gasteiger partial charge < -0.3 is 14.7 Å². The minimum Gasteiger partial charge on any atom is -0.479 e. The molecule has 4 nitrogen and oxygen atoms in total. The molecule has 1 aliphatic rings. The Morgan fingerprint density at radius 2 is 2.24 bits per heavy atom. The number of nitrogens with zero attached hydrogens (tertiary/aromatic N) is 1. The van der Waals surface area contributed by atoms with Crippen molar-refractivity contribution >= 4 is 5.97 Å². The molecule has 100 valence electrons. The fraction of sp³-hybridized carbons (Fsp3) is 0.923. The summed E-state index contributed by atoms with van der Waals surface area (Å²) in [6.07, 6.45) is 2.40. The van der Waals surface area contributed by atoms with Crippen LogP contribution in [0, 0.1) is 5.41 Å². The van der Waals surface area contributed by atoms with E-state index < -0.39 is 12.1 Å². The summed E-state index contributed by atoms with van der Waals surface area (Å²) in [5.41, 5.74) is 0.364. The van der Waals surface area contributed by atoms with E-state index >= 15 is 0 Å². The van der Waals surface area contributed by atoms with Crippen molar-refractivity contribution in [3.63, 3.8) is 0 Å². The predicted octanol–water partition coefficient (Wildman–Crippen LogP) is 1.99. The summed E-state index contributed by atoms with van der Waals surface area (Å²) in [4.78, 5) is 13.3. The van der Waals surface area contributed by atoms with E-state index in [9.17, 15) is 4.79 Å². The quantitative estimate of drug-likeness (QED) is 0.775. The van der Waals surface area contributed by atoms with Gasteiger partial charge in [-0.1, -0.05) is 13.8 Å². The Hall–Kier alpha value is -0.610. The molecule has 0 aromatic heterocycles. The van der Waals surface area contributed by atoms with Crippen LogP contribution in [0.2, 0.25) is 0 Å². The Balaban J connectivity index is 2.35. The third-order valence-corrected chi connectivity index (χ3v) is 3.33. The third-order valence-electron chi connectivity index (χ3n) is 3.33. The summed E-state index contributed by atoms with van der Waals surface area (Å²) in [6, 6.07) is 0. The number of piperidine rings is 1. The zero-order chi connectivity index (χ0) is 12.9. The van der Waals surface area contributed by atoms with Gasteiger partial charge in [-0.15, -0.1) is 0 Å². The molecule has 0 aliphatic carbocycles. The maximum absolute atomic E-state index is 10.9. The van der Waals surface area contributed by atoms with E-state index in [2.05, 4.69) is 18.7 Å². The predicted molar refractivity (Wildman–Crippen MR) is 67.1 cm³/mol. The molecular formula is C13H25NO3. The van der Waals surface area contributed by atoms with Gasteiger partial charge in [0, 0.05) is 19.7 Å². The summed E-state index contributed by atoms with van der Waals surface area (Å²) < 4.78 is 5.22. The second-order valence-electron chi connectivity index (χ2n) is 5.61. The Bertz CT molecular complexity index is 253. The number of hydrogen-bond donors (Lipinski definition) is 1. The van der Waals surface area contributed by atoms with E-state index in [1.54, 1.807) is 0 Å². The van der Waals surface area contributed by atoms with Gasteiger partial charge in [-0.3, -0.25) is 0 Å². The largest absolute Gasteiger partial charge is 0.479 e. The number of carboxylic acid groups (broad SMARTS) is 1. The number of carboxylic acids is 1. The molecule has 0 radical (unpaired) electrons. The minimum atomic E-state index is -0.844. The Kier molecular flexibility index (Phi) is 5.40. The van der Waals surface area contributed by atoms with Gasteiger partial charge >= 0.3 is 5.97 Å². The van der Waals surface area contributed by atoms with Crippen LogP contribution in [-0.4, -0.2) is 48.3 Å². The average Bonchev–Trinajstić information content (AvgIpc) is 2.22. The number of ether oxygens (including phenoxy) is 1. The standard InChI is InChI=1S/C13H25NO3/c1-4-17-11(12(15)16)6-9-14-8-5-7-13(2,3)10-14/h11H,4-10H2,1-3H3,(H,15,16). The molecule has 0 amide bonds. The van der Waals surface area contributed by atoms with Crippen LogP contribution in [0.25, 0.3) is 0 Å². The smallest absolute Gasteiger partial charge is 0.332 e. The van der Waals surface area contributed by atoms with Gasteiger partial charge in [-0.05, 0) is 38.1 Å². The van der Waals surface area contributed by atoms with Crippen LogP contribution < -0.4 is 0 Å². The van der Waals surface area contributed by atoms with Crippen molar-refractivity contribution in [3.05, 3.63) is 0 Å². The highest BCUT2D eigenvalue weighted by molar-refractivity contribution is 5.72. The molecule has 1 heterocycles. The molecule has 1 unspecified atom stereocenters.